The molecule has 0 N–H and O–H groups in total. The van der Waals surface area contributed by atoms with E-state index < -0.39 is 21.7 Å². The first-order valence-corrected chi connectivity index (χ1v) is 13.8. The smallest absolute Gasteiger partial charge is 0.325 e. The quantitative estimate of drug-likeness (QED) is 0.387. The molecule has 0 atom stereocenters. The Morgan fingerprint density at radius 3 is 2.50 bits per heavy atom. The molecule has 7 nitrogen and oxygen atoms in total. The van der Waals surface area contributed by atoms with Crippen LogP contribution in [0.25, 0.3) is 10.2 Å². The van der Waals surface area contributed by atoms with Crippen LogP contribution in [0.1, 0.15) is 43.7 Å². The zero-order chi connectivity index (χ0) is 24.7. The van der Waals surface area contributed by atoms with Gasteiger partial charge >= 0.3 is 5.97 Å². The number of ether oxygens (including phenoxy) is 1. The molecule has 0 aliphatic heterocycles. The summed E-state index contributed by atoms with van der Waals surface area (Å²) < 4.78 is 32.5. The van der Waals surface area contributed by atoms with Gasteiger partial charge in [-0.05, 0) is 56.0 Å². The topological polar surface area (TPSA) is 94.8 Å². The largest absolute Gasteiger partial charge is 0.468 e. The van der Waals surface area contributed by atoms with Gasteiger partial charge in [0.15, 0.2) is 14.6 Å². The molecule has 0 bridgehead atoms. The number of benzene rings is 2. The number of methoxy groups -OCH3 is 1. The van der Waals surface area contributed by atoms with Gasteiger partial charge < -0.3 is 9.30 Å². The van der Waals surface area contributed by atoms with E-state index in [1.165, 1.54) is 24.0 Å². The Hall–Kier alpha value is -2.78. The highest BCUT2D eigenvalue weighted by atomic mass is 32.2. The number of carbonyl (C=O) groups excluding carboxylic acids is 2. The van der Waals surface area contributed by atoms with Crippen molar-refractivity contribution in [2.24, 2.45) is 4.99 Å². The summed E-state index contributed by atoms with van der Waals surface area (Å²) in [6.45, 7) is 3.98. The van der Waals surface area contributed by atoms with Crippen molar-refractivity contribution in [3.8, 4) is 0 Å². The summed E-state index contributed by atoms with van der Waals surface area (Å²) >= 11 is 1.34. The fraction of sp³-hybridized carbons (Fsp3) is 0.400. The minimum atomic E-state index is -3.46. The maximum atomic E-state index is 12.6. The maximum absolute atomic E-state index is 12.6. The summed E-state index contributed by atoms with van der Waals surface area (Å²) in [5.41, 5.74) is 2.98. The molecule has 9 heteroatoms. The number of sulfone groups is 1. The van der Waals surface area contributed by atoms with Gasteiger partial charge in [-0.2, -0.15) is 4.99 Å². The highest BCUT2D eigenvalue weighted by Gasteiger charge is 2.16. The molecule has 0 radical (unpaired) electrons. The lowest BCUT2D eigenvalue weighted by atomic mass is 10.1. The van der Waals surface area contributed by atoms with Gasteiger partial charge in [0.1, 0.15) is 6.54 Å². The van der Waals surface area contributed by atoms with Crippen LogP contribution in [0.4, 0.5) is 0 Å². The number of fused-ring (bicyclic) bond motifs is 1. The van der Waals surface area contributed by atoms with Gasteiger partial charge in [0.25, 0.3) is 0 Å². The summed E-state index contributed by atoms with van der Waals surface area (Å²) in [5.74, 6) is -0.990. The van der Waals surface area contributed by atoms with Crippen LogP contribution in [0.2, 0.25) is 0 Å². The molecule has 0 aliphatic rings. The summed E-state index contributed by atoms with van der Waals surface area (Å²) in [4.78, 5) is 29.4. The third kappa shape index (κ3) is 6.64. The Bertz CT molecular complexity index is 1340. The van der Waals surface area contributed by atoms with Crippen molar-refractivity contribution in [1.29, 1.82) is 0 Å². The summed E-state index contributed by atoms with van der Waals surface area (Å²) in [7, 11) is -2.15. The number of nitrogens with zero attached hydrogens (tertiary/aromatic N) is 2. The fourth-order valence-electron chi connectivity index (χ4n) is 3.53. The second-order valence-corrected chi connectivity index (χ2v) is 11.3. The number of carbonyl (C=O) groups is 2. The lowest BCUT2D eigenvalue weighted by Crippen LogP contribution is -2.22. The van der Waals surface area contributed by atoms with E-state index in [1.54, 1.807) is 28.8 Å². The number of rotatable bonds is 10. The summed E-state index contributed by atoms with van der Waals surface area (Å²) in [6.07, 6.45) is 3.31. The van der Waals surface area contributed by atoms with E-state index in [-0.39, 0.29) is 30.0 Å². The Morgan fingerprint density at radius 2 is 1.82 bits per heavy atom. The average Bonchev–Trinajstić information content (AvgIpc) is 3.13. The predicted octanol–water partition coefficient (Wildman–Crippen LogP) is 4.21. The number of amides is 1. The molecule has 0 spiro atoms. The number of hydrogen-bond donors (Lipinski definition) is 0. The summed E-state index contributed by atoms with van der Waals surface area (Å²) in [6, 6.07) is 12.7. The van der Waals surface area contributed by atoms with Crippen LogP contribution < -0.4 is 4.80 Å². The number of aryl methyl sites for hydroxylation is 2. The maximum Gasteiger partial charge on any atom is 0.325 e. The van der Waals surface area contributed by atoms with E-state index >= 15 is 0 Å². The Balaban J connectivity index is 1.79. The van der Waals surface area contributed by atoms with Gasteiger partial charge in [0.05, 0.1) is 28.0 Å². The van der Waals surface area contributed by atoms with Gasteiger partial charge in [-0.1, -0.05) is 48.4 Å². The third-order valence-corrected chi connectivity index (χ3v) is 8.34. The molecule has 1 aromatic heterocycles. The molecule has 2 aromatic carbocycles. The number of thiazole rings is 1. The predicted molar refractivity (Wildman–Crippen MR) is 133 cm³/mol. The van der Waals surface area contributed by atoms with Gasteiger partial charge in [0, 0.05) is 6.42 Å². The number of unbranched alkanes of at least 4 members (excludes halogenated alkanes) is 1. The lowest BCUT2D eigenvalue weighted by molar-refractivity contribution is -0.141. The van der Waals surface area contributed by atoms with Crippen LogP contribution in [0.3, 0.4) is 0 Å². The van der Waals surface area contributed by atoms with Crippen molar-refractivity contribution in [3.05, 3.63) is 58.4 Å². The van der Waals surface area contributed by atoms with Crippen molar-refractivity contribution in [1.82, 2.24) is 4.57 Å². The standard InChI is InChI=1S/C25H30N2O5S2/c1-4-5-7-19-11-14-21-22(16-19)33-25(27(21)17-24(29)32-3)26-23(28)8-6-15-34(30,31)20-12-9-18(2)10-13-20/h9-14,16H,4-8,15,17H2,1-3H3. The number of esters is 1. The zero-order valence-corrected chi connectivity index (χ0v) is 21.4. The lowest BCUT2D eigenvalue weighted by Gasteiger charge is -2.05. The van der Waals surface area contributed by atoms with E-state index in [9.17, 15) is 18.0 Å². The van der Waals surface area contributed by atoms with Crippen LogP contribution in [-0.2, 0) is 37.1 Å². The van der Waals surface area contributed by atoms with Crippen LogP contribution in [-0.4, -0.2) is 37.7 Å². The Morgan fingerprint density at radius 1 is 1.09 bits per heavy atom. The average molecular weight is 503 g/mol. The second kappa shape index (κ2) is 11.6. The van der Waals surface area contributed by atoms with Crippen LogP contribution in [0, 0.1) is 6.92 Å². The van der Waals surface area contributed by atoms with Crippen molar-refractivity contribution >= 4 is 43.3 Å². The molecule has 0 unspecified atom stereocenters. The van der Waals surface area contributed by atoms with Crippen molar-refractivity contribution < 1.29 is 22.7 Å². The molecule has 182 valence electrons. The van der Waals surface area contributed by atoms with Gasteiger partial charge in [-0.25, -0.2) is 8.42 Å². The first kappa shape index (κ1) is 25.8. The van der Waals surface area contributed by atoms with Gasteiger partial charge in [-0.3, -0.25) is 9.59 Å². The van der Waals surface area contributed by atoms with Crippen LogP contribution >= 0.6 is 11.3 Å². The molecular weight excluding hydrogens is 472 g/mol. The monoisotopic (exact) mass is 502 g/mol. The van der Waals surface area contributed by atoms with E-state index in [4.69, 9.17) is 4.74 Å². The van der Waals surface area contributed by atoms with Crippen molar-refractivity contribution in [2.45, 2.75) is 57.4 Å². The first-order chi connectivity index (χ1) is 16.2. The molecule has 1 heterocycles. The summed E-state index contributed by atoms with van der Waals surface area (Å²) in [5, 5.41) is 0. The minimum absolute atomic E-state index is 0.000684. The molecule has 1 amide bonds. The minimum Gasteiger partial charge on any atom is -0.468 e. The molecule has 0 aliphatic carbocycles. The molecule has 0 fully saturated rings. The van der Waals surface area contributed by atoms with Crippen molar-refractivity contribution in [2.75, 3.05) is 12.9 Å². The Kier molecular flexibility index (Phi) is 8.79. The van der Waals surface area contributed by atoms with Gasteiger partial charge in [0.2, 0.25) is 5.91 Å². The van der Waals surface area contributed by atoms with E-state index in [2.05, 4.69) is 18.0 Å². The van der Waals surface area contributed by atoms with E-state index in [0.29, 0.717) is 4.80 Å². The molecule has 34 heavy (non-hydrogen) atoms. The van der Waals surface area contributed by atoms with Crippen LogP contribution in [0.5, 0.6) is 0 Å². The SMILES string of the molecule is CCCCc1ccc2c(c1)sc(=NC(=O)CCCS(=O)(=O)c1ccc(C)cc1)n2CC(=O)OC. The highest BCUT2D eigenvalue weighted by Crippen LogP contribution is 2.21. The molecule has 0 saturated carbocycles. The van der Waals surface area contributed by atoms with Crippen LogP contribution in [0.15, 0.2) is 52.4 Å². The Labute approximate surface area is 204 Å². The normalized spacial score (nSPS) is 12.3. The fourth-order valence-corrected chi connectivity index (χ4v) is 5.95. The third-order valence-electron chi connectivity index (χ3n) is 5.49. The zero-order valence-electron chi connectivity index (χ0n) is 19.7. The highest BCUT2D eigenvalue weighted by molar-refractivity contribution is 7.91. The molecule has 0 saturated heterocycles. The first-order valence-electron chi connectivity index (χ1n) is 11.3. The van der Waals surface area contributed by atoms with Crippen molar-refractivity contribution in [3.63, 3.8) is 0 Å². The second-order valence-electron chi connectivity index (χ2n) is 8.19. The number of hydrogen-bond acceptors (Lipinski definition) is 6. The van der Waals surface area contributed by atoms with Gasteiger partial charge in [-0.15, -0.1) is 0 Å². The van der Waals surface area contributed by atoms with E-state index in [1.807, 2.05) is 19.1 Å². The molecular formula is C25H30N2O5S2. The van der Waals surface area contributed by atoms with E-state index in [0.717, 1.165) is 35.0 Å². The number of aromatic nitrogens is 1. The molecule has 3 aromatic rings. The molecule has 3 rings (SSSR count).